The van der Waals surface area contributed by atoms with Crippen molar-refractivity contribution in [2.75, 3.05) is 0 Å². The first-order valence-electron chi connectivity index (χ1n) is 4.28. The molecule has 7 heteroatoms. The van der Waals surface area contributed by atoms with E-state index in [0.29, 0.717) is 12.4 Å². The van der Waals surface area contributed by atoms with Crippen molar-refractivity contribution in [3.8, 4) is 0 Å². The third-order valence-corrected chi connectivity index (χ3v) is 1.92. The molecule has 0 amide bonds. The molecular weight excluding hydrogens is 182 g/mol. The number of aromatic amines is 2. The van der Waals surface area contributed by atoms with E-state index in [0.717, 1.165) is 17.8 Å². The highest BCUT2D eigenvalue weighted by molar-refractivity contribution is 5.13. The Morgan fingerprint density at radius 1 is 1.43 bits per heavy atom. The number of rotatable bonds is 4. The van der Waals surface area contributed by atoms with E-state index in [2.05, 4.69) is 36.1 Å². The molecule has 0 bridgehead atoms. The van der Waals surface area contributed by atoms with Gasteiger partial charge in [-0.3, -0.25) is 5.10 Å². The monoisotopic (exact) mass is 193 g/mol. The number of nitrogens with one attached hydrogen (secondary N) is 3. The molecule has 0 aromatic carbocycles. The van der Waals surface area contributed by atoms with E-state index in [9.17, 15) is 0 Å². The predicted molar refractivity (Wildman–Crippen MR) is 48.0 cm³/mol. The van der Waals surface area contributed by atoms with Gasteiger partial charge in [0.15, 0.2) is 5.82 Å². The summed E-state index contributed by atoms with van der Waals surface area (Å²) < 4.78 is 0. The Morgan fingerprint density at radius 2 is 2.36 bits per heavy atom. The van der Waals surface area contributed by atoms with Crippen molar-refractivity contribution in [1.29, 1.82) is 0 Å². The predicted octanol–water partition coefficient (Wildman–Crippen LogP) is -0.479. The van der Waals surface area contributed by atoms with E-state index in [1.165, 1.54) is 0 Å². The van der Waals surface area contributed by atoms with Crippen molar-refractivity contribution in [2.45, 2.75) is 20.0 Å². The van der Waals surface area contributed by atoms with Crippen LogP contribution >= 0.6 is 0 Å². The zero-order chi connectivity index (χ0) is 9.80. The van der Waals surface area contributed by atoms with E-state index in [1.807, 2.05) is 6.92 Å². The van der Waals surface area contributed by atoms with Crippen LogP contribution in [0.4, 0.5) is 0 Å². The number of aryl methyl sites for hydroxylation is 1. The maximum Gasteiger partial charge on any atom is 0.188 e. The summed E-state index contributed by atoms with van der Waals surface area (Å²) in [5, 5.41) is 23.5. The van der Waals surface area contributed by atoms with Crippen molar-refractivity contribution in [3.05, 3.63) is 23.3 Å². The molecule has 2 aromatic rings. The largest absolute Gasteiger partial charge is 0.305 e. The van der Waals surface area contributed by atoms with Crippen LogP contribution in [-0.4, -0.2) is 30.8 Å². The highest BCUT2D eigenvalue weighted by atomic mass is 15.5. The molecule has 0 atom stereocenters. The third kappa shape index (κ3) is 1.94. The summed E-state index contributed by atoms with van der Waals surface area (Å²) in [4.78, 5) is 0. The van der Waals surface area contributed by atoms with Crippen LogP contribution in [0, 0.1) is 6.92 Å². The van der Waals surface area contributed by atoms with Gasteiger partial charge >= 0.3 is 0 Å². The Balaban J connectivity index is 1.81. The van der Waals surface area contributed by atoms with Crippen LogP contribution in [0.15, 0.2) is 6.20 Å². The van der Waals surface area contributed by atoms with Gasteiger partial charge in [-0.25, -0.2) is 0 Å². The van der Waals surface area contributed by atoms with Crippen LogP contribution < -0.4 is 5.32 Å². The average Bonchev–Trinajstić information content (AvgIpc) is 2.78. The minimum Gasteiger partial charge on any atom is -0.305 e. The second-order valence-electron chi connectivity index (χ2n) is 2.95. The molecule has 7 nitrogen and oxygen atoms in total. The number of tetrazole rings is 1. The molecule has 74 valence electrons. The quantitative estimate of drug-likeness (QED) is 0.609. The summed E-state index contributed by atoms with van der Waals surface area (Å²) in [6.07, 6.45) is 1.80. The molecule has 0 fully saturated rings. The second kappa shape index (κ2) is 3.97. The number of hydrogen-bond acceptors (Lipinski definition) is 5. The highest BCUT2D eigenvalue weighted by Gasteiger charge is 2.01. The van der Waals surface area contributed by atoms with E-state index in [4.69, 9.17) is 0 Å². The molecule has 2 aromatic heterocycles. The minimum atomic E-state index is 0.598. The summed E-state index contributed by atoms with van der Waals surface area (Å²) in [6, 6.07) is 0. The van der Waals surface area contributed by atoms with Crippen molar-refractivity contribution in [3.63, 3.8) is 0 Å². The van der Waals surface area contributed by atoms with Gasteiger partial charge in [-0.2, -0.15) is 10.3 Å². The Labute approximate surface area is 80.3 Å². The Morgan fingerprint density at radius 3 is 3.00 bits per heavy atom. The van der Waals surface area contributed by atoms with Crippen molar-refractivity contribution >= 4 is 0 Å². The lowest BCUT2D eigenvalue weighted by atomic mass is 10.2. The number of nitrogens with zero attached hydrogens (tertiary/aromatic N) is 4. The maximum absolute atomic E-state index is 3.92. The number of H-pyrrole nitrogens is 2. The fourth-order valence-electron chi connectivity index (χ4n) is 1.12. The Hall–Kier alpha value is -1.76. The molecule has 0 aliphatic carbocycles. The minimum absolute atomic E-state index is 0.598. The molecule has 2 rings (SSSR count). The molecule has 0 saturated heterocycles. The van der Waals surface area contributed by atoms with Gasteiger partial charge in [0.05, 0.1) is 12.7 Å². The van der Waals surface area contributed by atoms with Gasteiger partial charge in [0.2, 0.25) is 0 Å². The lowest BCUT2D eigenvalue weighted by molar-refractivity contribution is 0.661. The first-order valence-corrected chi connectivity index (χ1v) is 4.28. The van der Waals surface area contributed by atoms with Gasteiger partial charge in [-0.15, -0.1) is 10.2 Å². The zero-order valence-corrected chi connectivity index (χ0v) is 7.78. The molecule has 14 heavy (non-hydrogen) atoms. The second-order valence-corrected chi connectivity index (χ2v) is 2.95. The fraction of sp³-hybridized carbons (Fsp3) is 0.429. The molecular formula is C7H11N7. The summed E-state index contributed by atoms with van der Waals surface area (Å²) in [5.74, 6) is 0.658. The molecule has 0 radical (unpaired) electrons. The molecule has 0 saturated carbocycles. The first kappa shape index (κ1) is 8.82. The Kier molecular flexibility index (Phi) is 2.50. The highest BCUT2D eigenvalue weighted by Crippen LogP contribution is 2.01. The van der Waals surface area contributed by atoms with Gasteiger partial charge in [-0.05, 0) is 6.92 Å². The molecule has 3 N–H and O–H groups in total. The third-order valence-electron chi connectivity index (χ3n) is 1.92. The van der Waals surface area contributed by atoms with E-state index in [-0.39, 0.29) is 0 Å². The SMILES string of the molecule is Cc1[nH]ncc1CNCc1nn[nH]n1. The maximum atomic E-state index is 3.92. The topological polar surface area (TPSA) is 95.2 Å². The van der Waals surface area contributed by atoms with Crippen LogP contribution in [0.1, 0.15) is 17.1 Å². The standard InChI is InChI=1S/C7H11N7/c1-5-6(3-9-10-5)2-8-4-7-11-13-14-12-7/h3,8H,2,4H2,1H3,(H,9,10)(H,11,12,13,14). The van der Waals surface area contributed by atoms with Gasteiger partial charge in [0.25, 0.3) is 0 Å². The van der Waals surface area contributed by atoms with Gasteiger partial charge < -0.3 is 5.32 Å². The van der Waals surface area contributed by atoms with Gasteiger partial charge in [0, 0.05) is 17.8 Å². The van der Waals surface area contributed by atoms with Gasteiger partial charge in [0.1, 0.15) is 0 Å². The van der Waals surface area contributed by atoms with Crippen LogP contribution in [0.5, 0.6) is 0 Å². The van der Waals surface area contributed by atoms with Gasteiger partial charge in [-0.1, -0.05) is 5.21 Å². The fourth-order valence-corrected chi connectivity index (χ4v) is 1.12. The zero-order valence-electron chi connectivity index (χ0n) is 7.78. The van der Waals surface area contributed by atoms with E-state index >= 15 is 0 Å². The van der Waals surface area contributed by atoms with E-state index in [1.54, 1.807) is 6.20 Å². The smallest absolute Gasteiger partial charge is 0.188 e. The average molecular weight is 193 g/mol. The first-order chi connectivity index (χ1) is 6.86. The molecule has 0 unspecified atom stereocenters. The lowest BCUT2D eigenvalue weighted by Gasteiger charge is -1.99. The molecule has 0 spiro atoms. The summed E-state index contributed by atoms with van der Waals surface area (Å²) >= 11 is 0. The van der Waals surface area contributed by atoms with Crippen molar-refractivity contribution in [2.24, 2.45) is 0 Å². The number of hydrogen-bond donors (Lipinski definition) is 3. The van der Waals surface area contributed by atoms with Crippen molar-refractivity contribution < 1.29 is 0 Å². The summed E-state index contributed by atoms with van der Waals surface area (Å²) in [5.41, 5.74) is 2.22. The Bertz CT molecular complexity index is 376. The number of aromatic nitrogens is 6. The summed E-state index contributed by atoms with van der Waals surface area (Å²) in [6.45, 7) is 3.33. The summed E-state index contributed by atoms with van der Waals surface area (Å²) in [7, 11) is 0. The van der Waals surface area contributed by atoms with Crippen LogP contribution in [0.3, 0.4) is 0 Å². The normalized spacial score (nSPS) is 10.6. The van der Waals surface area contributed by atoms with Crippen LogP contribution in [0.2, 0.25) is 0 Å². The van der Waals surface area contributed by atoms with Crippen LogP contribution in [0.25, 0.3) is 0 Å². The lowest BCUT2D eigenvalue weighted by Crippen LogP contribution is -2.14. The van der Waals surface area contributed by atoms with E-state index < -0.39 is 0 Å². The molecule has 0 aliphatic rings. The molecule has 0 aliphatic heterocycles. The van der Waals surface area contributed by atoms with Crippen LogP contribution in [-0.2, 0) is 13.1 Å². The van der Waals surface area contributed by atoms with Crippen molar-refractivity contribution in [1.82, 2.24) is 36.1 Å². The molecule has 2 heterocycles.